The summed E-state index contributed by atoms with van der Waals surface area (Å²) in [6.45, 7) is 1.84. The maximum Gasteiger partial charge on any atom is 0.313 e. The van der Waals surface area contributed by atoms with Crippen LogP contribution in [0.4, 0.5) is 5.69 Å². The van der Waals surface area contributed by atoms with Crippen LogP contribution in [0.1, 0.15) is 42.5 Å². The van der Waals surface area contributed by atoms with Crippen LogP contribution in [-0.2, 0) is 22.4 Å². The number of aromatic hydroxyl groups is 1. The van der Waals surface area contributed by atoms with E-state index in [0.717, 1.165) is 18.4 Å². The van der Waals surface area contributed by atoms with E-state index in [-0.39, 0.29) is 17.5 Å². The van der Waals surface area contributed by atoms with Gasteiger partial charge in [0.1, 0.15) is 5.75 Å². The van der Waals surface area contributed by atoms with Gasteiger partial charge in [0, 0.05) is 5.02 Å². The topological polar surface area (TPSA) is 78.4 Å². The molecule has 6 heteroatoms. The van der Waals surface area contributed by atoms with Crippen molar-refractivity contribution in [3.8, 4) is 5.75 Å². The first-order chi connectivity index (χ1) is 12.4. The van der Waals surface area contributed by atoms with E-state index in [1.54, 1.807) is 0 Å². The Kier molecular flexibility index (Phi) is 5.47. The summed E-state index contributed by atoms with van der Waals surface area (Å²) in [7, 11) is 0. The molecule has 1 unspecified atom stereocenters. The molecule has 0 radical (unpaired) electrons. The number of rotatable bonds is 3. The van der Waals surface area contributed by atoms with E-state index in [2.05, 4.69) is 22.8 Å². The van der Waals surface area contributed by atoms with Gasteiger partial charge in [-0.3, -0.25) is 9.59 Å². The number of benzene rings is 2. The van der Waals surface area contributed by atoms with Gasteiger partial charge in [0.05, 0.1) is 11.7 Å². The molecule has 26 heavy (non-hydrogen) atoms. The second-order valence-corrected chi connectivity index (χ2v) is 6.98. The van der Waals surface area contributed by atoms with Gasteiger partial charge in [0.15, 0.2) is 0 Å². The molecule has 3 N–H and O–H groups in total. The van der Waals surface area contributed by atoms with E-state index < -0.39 is 11.8 Å². The van der Waals surface area contributed by atoms with Gasteiger partial charge in [-0.15, -0.1) is 0 Å². The van der Waals surface area contributed by atoms with Crippen LogP contribution in [-0.4, -0.2) is 16.9 Å². The van der Waals surface area contributed by atoms with Crippen LogP contribution in [0.2, 0.25) is 5.02 Å². The Morgan fingerprint density at radius 2 is 1.77 bits per heavy atom. The summed E-state index contributed by atoms with van der Waals surface area (Å²) in [5, 5.41) is 15.1. The third-order valence-electron chi connectivity index (χ3n) is 4.63. The van der Waals surface area contributed by atoms with Gasteiger partial charge in [-0.05, 0) is 67.5 Å². The number of hydrogen-bond donors (Lipinski definition) is 3. The van der Waals surface area contributed by atoms with E-state index in [9.17, 15) is 14.7 Å². The summed E-state index contributed by atoms with van der Waals surface area (Å²) in [4.78, 5) is 24.3. The summed E-state index contributed by atoms with van der Waals surface area (Å²) >= 11 is 5.84. The first-order valence-electron chi connectivity index (χ1n) is 8.66. The molecule has 2 aromatic rings. The summed E-state index contributed by atoms with van der Waals surface area (Å²) in [6, 6.07) is 10.1. The van der Waals surface area contributed by atoms with Crippen LogP contribution < -0.4 is 10.6 Å². The molecule has 0 heterocycles. The van der Waals surface area contributed by atoms with Crippen molar-refractivity contribution >= 4 is 29.1 Å². The molecule has 0 saturated carbocycles. The normalized spacial score (nSPS) is 14.2. The highest BCUT2D eigenvalue weighted by molar-refractivity contribution is 6.40. The van der Waals surface area contributed by atoms with Gasteiger partial charge < -0.3 is 15.7 Å². The highest BCUT2D eigenvalue weighted by Crippen LogP contribution is 2.27. The third kappa shape index (κ3) is 4.17. The van der Waals surface area contributed by atoms with Crippen molar-refractivity contribution in [3.63, 3.8) is 0 Å². The standard InChI is InChI=1S/C20H21ClN2O3/c1-12(14-7-6-13-4-2-3-5-15(13)10-14)22-19(25)20(26)23-17-11-16(21)8-9-18(17)24/h6-12,24H,2-5H2,1H3,(H,22,25)(H,23,26). The molecule has 0 aliphatic heterocycles. The van der Waals surface area contributed by atoms with Crippen LogP contribution in [0.5, 0.6) is 5.75 Å². The number of fused-ring (bicyclic) bond motifs is 1. The van der Waals surface area contributed by atoms with Gasteiger partial charge in [-0.2, -0.15) is 0 Å². The fraction of sp³-hybridized carbons (Fsp3) is 0.300. The molecular formula is C20H21ClN2O3. The zero-order chi connectivity index (χ0) is 18.7. The maximum absolute atomic E-state index is 12.2. The number of amides is 2. The number of phenols is 1. The summed E-state index contributed by atoms with van der Waals surface area (Å²) in [5.74, 6) is -1.78. The van der Waals surface area contributed by atoms with Crippen LogP contribution in [0.15, 0.2) is 36.4 Å². The van der Waals surface area contributed by atoms with Crippen molar-refractivity contribution < 1.29 is 14.7 Å². The smallest absolute Gasteiger partial charge is 0.313 e. The average molecular weight is 373 g/mol. The predicted molar refractivity (Wildman–Crippen MR) is 101 cm³/mol. The Bertz CT molecular complexity index is 851. The molecular weight excluding hydrogens is 352 g/mol. The number of hydrogen-bond acceptors (Lipinski definition) is 3. The zero-order valence-corrected chi connectivity index (χ0v) is 15.3. The van der Waals surface area contributed by atoms with E-state index in [1.165, 1.54) is 42.2 Å². The zero-order valence-electron chi connectivity index (χ0n) is 14.5. The molecule has 0 saturated heterocycles. The van der Waals surface area contributed by atoms with Crippen molar-refractivity contribution in [2.24, 2.45) is 0 Å². The van der Waals surface area contributed by atoms with Crippen molar-refractivity contribution in [3.05, 3.63) is 58.1 Å². The summed E-state index contributed by atoms with van der Waals surface area (Å²) in [5.41, 5.74) is 3.76. The molecule has 3 rings (SSSR count). The lowest BCUT2D eigenvalue weighted by Crippen LogP contribution is -2.37. The maximum atomic E-state index is 12.2. The van der Waals surface area contributed by atoms with Gasteiger partial charge in [-0.25, -0.2) is 0 Å². The van der Waals surface area contributed by atoms with Crippen molar-refractivity contribution in [2.75, 3.05) is 5.32 Å². The Labute approximate surface area is 157 Å². The number of anilines is 1. The van der Waals surface area contributed by atoms with Crippen LogP contribution >= 0.6 is 11.6 Å². The minimum atomic E-state index is -0.854. The number of carbonyl (C=O) groups excluding carboxylic acids is 2. The van der Waals surface area contributed by atoms with Gasteiger partial charge in [0.2, 0.25) is 0 Å². The number of halogens is 1. The van der Waals surface area contributed by atoms with E-state index >= 15 is 0 Å². The molecule has 1 atom stereocenters. The van der Waals surface area contributed by atoms with Crippen LogP contribution in [0, 0.1) is 0 Å². The lowest BCUT2D eigenvalue weighted by Gasteiger charge is -2.20. The van der Waals surface area contributed by atoms with E-state index in [0.29, 0.717) is 5.02 Å². The molecule has 0 aromatic heterocycles. The highest BCUT2D eigenvalue weighted by atomic mass is 35.5. The van der Waals surface area contributed by atoms with Gasteiger partial charge in [0.25, 0.3) is 0 Å². The highest BCUT2D eigenvalue weighted by Gasteiger charge is 2.19. The summed E-state index contributed by atoms with van der Waals surface area (Å²) < 4.78 is 0. The number of carbonyl (C=O) groups is 2. The number of nitrogens with one attached hydrogen (secondary N) is 2. The van der Waals surface area contributed by atoms with E-state index in [4.69, 9.17) is 11.6 Å². The largest absolute Gasteiger partial charge is 0.506 e. The molecule has 0 fully saturated rings. The fourth-order valence-corrected chi connectivity index (χ4v) is 3.33. The molecule has 5 nitrogen and oxygen atoms in total. The second-order valence-electron chi connectivity index (χ2n) is 6.55. The Hall–Kier alpha value is -2.53. The predicted octanol–water partition coefficient (Wildman–Crippen LogP) is 3.74. The van der Waals surface area contributed by atoms with E-state index in [1.807, 2.05) is 13.0 Å². The lowest BCUT2D eigenvalue weighted by molar-refractivity contribution is -0.136. The molecule has 0 bridgehead atoms. The Balaban J connectivity index is 1.65. The third-order valence-corrected chi connectivity index (χ3v) is 4.87. The lowest BCUT2D eigenvalue weighted by atomic mass is 9.89. The summed E-state index contributed by atoms with van der Waals surface area (Å²) in [6.07, 6.45) is 4.55. The van der Waals surface area contributed by atoms with Gasteiger partial charge in [-0.1, -0.05) is 29.8 Å². The molecule has 1 aliphatic rings. The van der Waals surface area contributed by atoms with Crippen molar-refractivity contribution in [1.82, 2.24) is 5.32 Å². The van der Waals surface area contributed by atoms with Crippen LogP contribution in [0.25, 0.3) is 0 Å². The minimum Gasteiger partial charge on any atom is -0.506 e. The molecule has 2 amide bonds. The molecule has 1 aliphatic carbocycles. The Morgan fingerprint density at radius 3 is 2.54 bits per heavy atom. The van der Waals surface area contributed by atoms with Crippen molar-refractivity contribution in [2.45, 2.75) is 38.6 Å². The quantitative estimate of drug-likeness (QED) is 0.567. The first kappa shape index (κ1) is 18.3. The number of aryl methyl sites for hydroxylation is 2. The van der Waals surface area contributed by atoms with Crippen LogP contribution in [0.3, 0.4) is 0 Å². The fourth-order valence-electron chi connectivity index (χ4n) is 3.16. The van der Waals surface area contributed by atoms with Crippen molar-refractivity contribution in [1.29, 1.82) is 0 Å². The molecule has 0 spiro atoms. The Morgan fingerprint density at radius 1 is 1.04 bits per heavy atom. The molecule has 2 aromatic carbocycles. The molecule has 136 valence electrons. The average Bonchev–Trinajstić information content (AvgIpc) is 2.64. The first-order valence-corrected chi connectivity index (χ1v) is 9.04. The second kappa shape index (κ2) is 7.79. The SMILES string of the molecule is CC(NC(=O)C(=O)Nc1cc(Cl)ccc1O)c1ccc2c(c1)CCCC2. The minimum absolute atomic E-state index is 0.0964. The van der Waals surface area contributed by atoms with Gasteiger partial charge >= 0.3 is 11.8 Å². The number of phenolic OH excluding ortho intramolecular Hbond substituents is 1. The monoisotopic (exact) mass is 372 g/mol.